The standard InChI is InChI=1S/C24H22FN/c1-2-3-16-4-5-18-11-19(7-6-17(18)10-16)20-8-9-21-13-23(15-26)24(25)14-22(21)12-20/h4-7,10-11,13-14,20H,2-3,8-9,12H2,1H3. The monoisotopic (exact) mass is 343 g/mol. The van der Waals surface area contributed by atoms with Gasteiger partial charge in [-0.25, -0.2) is 4.39 Å². The van der Waals surface area contributed by atoms with E-state index in [0.717, 1.165) is 43.2 Å². The Kier molecular flexibility index (Phi) is 4.47. The van der Waals surface area contributed by atoms with Crippen molar-refractivity contribution >= 4 is 10.8 Å². The van der Waals surface area contributed by atoms with Crippen LogP contribution >= 0.6 is 0 Å². The van der Waals surface area contributed by atoms with E-state index in [9.17, 15) is 4.39 Å². The summed E-state index contributed by atoms with van der Waals surface area (Å²) >= 11 is 0. The summed E-state index contributed by atoms with van der Waals surface area (Å²) in [6.45, 7) is 2.20. The summed E-state index contributed by atoms with van der Waals surface area (Å²) in [7, 11) is 0. The van der Waals surface area contributed by atoms with Crippen molar-refractivity contribution in [2.24, 2.45) is 0 Å². The van der Waals surface area contributed by atoms with E-state index in [0.29, 0.717) is 5.92 Å². The van der Waals surface area contributed by atoms with Gasteiger partial charge in [-0.3, -0.25) is 0 Å². The Labute approximate surface area is 154 Å². The van der Waals surface area contributed by atoms with Gasteiger partial charge in [0.25, 0.3) is 0 Å². The molecule has 1 aliphatic carbocycles. The molecule has 1 nitrogen and oxygen atoms in total. The number of fused-ring (bicyclic) bond motifs is 2. The Balaban J connectivity index is 1.63. The van der Waals surface area contributed by atoms with E-state index >= 15 is 0 Å². The van der Waals surface area contributed by atoms with Gasteiger partial charge in [0.15, 0.2) is 0 Å². The topological polar surface area (TPSA) is 23.8 Å². The zero-order chi connectivity index (χ0) is 18.1. The molecule has 4 rings (SSSR count). The Bertz CT molecular complexity index is 1010. The van der Waals surface area contributed by atoms with E-state index in [1.165, 1.54) is 21.9 Å². The van der Waals surface area contributed by atoms with Crippen molar-refractivity contribution in [2.45, 2.75) is 44.9 Å². The molecule has 26 heavy (non-hydrogen) atoms. The normalized spacial score (nSPS) is 16.3. The van der Waals surface area contributed by atoms with Gasteiger partial charge in [0.2, 0.25) is 0 Å². The maximum absolute atomic E-state index is 14.0. The summed E-state index contributed by atoms with van der Waals surface area (Å²) in [5.74, 6) is 0.0171. The Morgan fingerprint density at radius 1 is 1.04 bits per heavy atom. The van der Waals surface area contributed by atoms with Gasteiger partial charge >= 0.3 is 0 Å². The van der Waals surface area contributed by atoms with Crippen molar-refractivity contribution in [3.05, 3.63) is 82.2 Å². The second-order valence-corrected chi connectivity index (χ2v) is 7.34. The van der Waals surface area contributed by atoms with Gasteiger partial charge in [-0.15, -0.1) is 0 Å². The first-order valence-corrected chi connectivity index (χ1v) is 9.42. The molecule has 0 radical (unpaired) electrons. The quantitative estimate of drug-likeness (QED) is 0.566. The number of nitriles is 1. The van der Waals surface area contributed by atoms with Crippen molar-refractivity contribution in [1.29, 1.82) is 5.26 Å². The number of aryl methyl sites for hydroxylation is 2. The lowest BCUT2D eigenvalue weighted by molar-refractivity contribution is 0.571. The van der Waals surface area contributed by atoms with Gasteiger partial charge in [-0.05, 0) is 76.8 Å². The molecule has 130 valence electrons. The van der Waals surface area contributed by atoms with Crippen LogP contribution in [0.5, 0.6) is 0 Å². The number of benzene rings is 3. The molecule has 3 aromatic carbocycles. The first-order chi connectivity index (χ1) is 12.7. The first-order valence-electron chi connectivity index (χ1n) is 9.42. The number of halogens is 1. The second-order valence-electron chi connectivity index (χ2n) is 7.34. The van der Waals surface area contributed by atoms with E-state index in [1.54, 1.807) is 12.1 Å². The van der Waals surface area contributed by atoms with Crippen molar-refractivity contribution in [3.63, 3.8) is 0 Å². The molecule has 0 heterocycles. The highest BCUT2D eigenvalue weighted by Crippen LogP contribution is 2.35. The third-order valence-electron chi connectivity index (χ3n) is 5.58. The predicted octanol–water partition coefficient (Wildman–Crippen LogP) is 6.08. The molecule has 1 atom stereocenters. The fraction of sp³-hybridized carbons (Fsp3) is 0.292. The third-order valence-corrected chi connectivity index (χ3v) is 5.58. The van der Waals surface area contributed by atoms with E-state index in [1.807, 2.05) is 6.07 Å². The largest absolute Gasteiger partial charge is 0.206 e. The maximum atomic E-state index is 14.0. The van der Waals surface area contributed by atoms with Crippen LogP contribution in [0.25, 0.3) is 10.8 Å². The Morgan fingerprint density at radius 2 is 1.85 bits per heavy atom. The first kappa shape index (κ1) is 16.8. The SMILES string of the molecule is CCCc1ccc2cc(C3CCc4cc(C#N)c(F)cc4C3)ccc2c1. The number of nitrogens with zero attached hydrogens (tertiary/aromatic N) is 1. The van der Waals surface area contributed by atoms with Gasteiger partial charge in [0.1, 0.15) is 11.9 Å². The van der Waals surface area contributed by atoms with Crippen LogP contribution < -0.4 is 0 Å². The van der Waals surface area contributed by atoms with Crippen LogP contribution in [0.1, 0.15) is 53.5 Å². The molecule has 0 amide bonds. The molecule has 0 N–H and O–H groups in total. The molecule has 0 aromatic heterocycles. The highest BCUT2D eigenvalue weighted by atomic mass is 19.1. The van der Waals surface area contributed by atoms with Crippen molar-refractivity contribution in [3.8, 4) is 6.07 Å². The fourth-order valence-electron chi connectivity index (χ4n) is 4.16. The molecule has 0 aliphatic heterocycles. The number of rotatable bonds is 3. The second kappa shape index (κ2) is 6.92. The van der Waals surface area contributed by atoms with E-state index in [4.69, 9.17) is 5.26 Å². The highest BCUT2D eigenvalue weighted by molar-refractivity contribution is 5.84. The van der Waals surface area contributed by atoms with E-state index < -0.39 is 5.82 Å². The molecule has 1 aliphatic rings. The summed E-state index contributed by atoms with van der Waals surface area (Å²) in [6, 6.07) is 18.7. The van der Waals surface area contributed by atoms with Crippen LogP contribution in [0, 0.1) is 17.1 Å². The average molecular weight is 343 g/mol. The minimum absolute atomic E-state index is 0.163. The van der Waals surface area contributed by atoms with Gasteiger partial charge in [0.05, 0.1) is 5.56 Å². The molecular weight excluding hydrogens is 321 g/mol. The van der Waals surface area contributed by atoms with Gasteiger partial charge < -0.3 is 0 Å². The lowest BCUT2D eigenvalue weighted by Crippen LogP contribution is -2.13. The zero-order valence-electron chi connectivity index (χ0n) is 15.1. The fourth-order valence-corrected chi connectivity index (χ4v) is 4.16. The van der Waals surface area contributed by atoms with Gasteiger partial charge in [-0.1, -0.05) is 49.7 Å². The summed E-state index contributed by atoms with van der Waals surface area (Å²) in [5.41, 5.74) is 5.07. The van der Waals surface area contributed by atoms with Crippen LogP contribution in [0.15, 0.2) is 48.5 Å². The molecule has 1 unspecified atom stereocenters. The molecule has 0 bridgehead atoms. The number of hydrogen-bond donors (Lipinski definition) is 0. The van der Waals surface area contributed by atoms with Gasteiger partial charge in [-0.2, -0.15) is 5.26 Å². The van der Waals surface area contributed by atoms with E-state index in [2.05, 4.69) is 43.3 Å². The number of hydrogen-bond acceptors (Lipinski definition) is 1. The molecule has 0 spiro atoms. The minimum Gasteiger partial charge on any atom is -0.206 e. The highest BCUT2D eigenvalue weighted by Gasteiger charge is 2.22. The predicted molar refractivity (Wildman–Crippen MR) is 104 cm³/mol. The third kappa shape index (κ3) is 3.10. The van der Waals surface area contributed by atoms with Crippen LogP contribution in [0.2, 0.25) is 0 Å². The average Bonchev–Trinajstić information content (AvgIpc) is 2.67. The zero-order valence-corrected chi connectivity index (χ0v) is 15.1. The molecule has 2 heteroatoms. The van der Waals surface area contributed by atoms with E-state index in [-0.39, 0.29) is 5.56 Å². The van der Waals surface area contributed by atoms with Gasteiger partial charge in [0, 0.05) is 0 Å². The summed E-state index contributed by atoms with van der Waals surface area (Å²) in [6.07, 6.45) is 5.07. The van der Waals surface area contributed by atoms with Crippen molar-refractivity contribution in [2.75, 3.05) is 0 Å². The van der Waals surface area contributed by atoms with Crippen LogP contribution in [-0.2, 0) is 19.3 Å². The van der Waals surface area contributed by atoms with Crippen molar-refractivity contribution < 1.29 is 4.39 Å². The molecule has 3 aromatic rings. The lowest BCUT2D eigenvalue weighted by atomic mass is 9.79. The van der Waals surface area contributed by atoms with Crippen LogP contribution in [-0.4, -0.2) is 0 Å². The molecule has 0 fully saturated rings. The maximum Gasteiger partial charge on any atom is 0.141 e. The molecule has 0 saturated heterocycles. The molecule has 0 saturated carbocycles. The van der Waals surface area contributed by atoms with Crippen LogP contribution in [0.3, 0.4) is 0 Å². The Morgan fingerprint density at radius 3 is 2.65 bits per heavy atom. The Hall–Kier alpha value is -2.66. The summed E-state index contributed by atoms with van der Waals surface area (Å²) in [4.78, 5) is 0. The minimum atomic E-state index is -0.395. The lowest BCUT2D eigenvalue weighted by Gasteiger charge is -2.25. The van der Waals surface area contributed by atoms with Crippen molar-refractivity contribution in [1.82, 2.24) is 0 Å². The summed E-state index contributed by atoms with van der Waals surface area (Å²) in [5, 5.41) is 11.6. The smallest absolute Gasteiger partial charge is 0.141 e. The molecular formula is C24H22FN. The van der Waals surface area contributed by atoms with Crippen LogP contribution in [0.4, 0.5) is 4.39 Å². The summed E-state index contributed by atoms with van der Waals surface area (Å²) < 4.78 is 14.0.